The molecule has 0 radical (unpaired) electrons. The average Bonchev–Trinajstić information content (AvgIpc) is 2.48. The minimum absolute atomic E-state index is 0.0198. The number of anilines is 1. The van der Waals surface area contributed by atoms with Crippen LogP contribution in [0.2, 0.25) is 0 Å². The highest BCUT2D eigenvalue weighted by Gasteiger charge is 2.12. The lowest BCUT2D eigenvalue weighted by Gasteiger charge is -2.11. The number of carboxylic acids is 1. The number of halogens is 1. The van der Waals surface area contributed by atoms with Gasteiger partial charge in [-0.05, 0) is 36.8 Å². The van der Waals surface area contributed by atoms with Crippen LogP contribution in [0.25, 0.3) is 0 Å². The zero-order valence-electron chi connectivity index (χ0n) is 11.8. The number of nitrogens with one attached hydrogen (secondary N) is 1. The molecule has 0 saturated carbocycles. The van der Waals surface area contributed by atoms with E-state index < -0.39 is 17.7 Å². The van der Waals surface area contributed by atoms with Gasteiger partial charge >= 0.3 is 5.97 Å². The standard InChI is InChI=1S/C16H14FNO4/c1-10-11(16(20)21)5-4-7-13(10)18-15(19)9-22-14-8-3-2-6-12(14)17/h2-8H,9H2,1H3,(H,18,19)(H,20,21). The van der Waals surface area contributed by atoms with E-state index in [0.717, 1.165) is 0 Å². The van der Waals surface area contributed by atoms with Gasteiger partial charge in [0.05, 0.1) is 5.56 Å². The molecule has 0 atom stereocenters. The molecule has 0 spiro atoms. The lowest BCUT2D eigenvalue weighted by Crippen LogP contribution is -2.21. The summed E-state index contributed by atoms with van der Waals surface area (Å²) in [6, 6.07) is 10.3. The van der Waals surface area contributed by atoms with Crippen LogP contribution in [0, 0.1) is 12.7 Å². The van der Waals surface area contributed by atoms with Gasteiger partial charge in [-0.2, -0.15) is 0 Å². The van der Waals surface area contributed by atoms with E-state index in [1.807, 2.05) is 0 Å². The Hall–Kier alpha value is -2.89. The van der Waals surface area contributed by atoms with Gasteiger partial charge < -0.3 is 15.2 Å². The Morgan fingerprint density at radius 3 is 2.59 bits per heavy atom. The highest BCUT2D eigenvalue weighted by Crippen LogP contribution is 2.19. The quantitative estimate of drug-likeness (QED) is 0.890. The predicted octanol–water partition coefficient (Wildman–Crippen LogP) is 2.85. The number of hydrogen-bond acceptors (Lipinski definition) is 3. The molecule has 0 fully saturated rings. The van der Waals surface area contributed by atoms with Gasteiger partial charge in [-0.1, -0.05) is 18.2 Å². The molecular formula is C16H14FNO4. The fourth-order valence-corrected chi connectivity index (χ4v) is 1.89. The highest BCUT2D eigenvalue weighted by molar-refractivity contribution is 5.96. The Morgan fingerprint density at radius 1 is 1.18 bits per heavy atom. The van der Waals surface area contributed by atoms with Crippen LogP contribution >= 0.6 is 0 Å². The van der Waals surface area contributed by atoms with Gasteiger partial charge in [-0.15, -0.1) is 0 Å². The monoisotopic (exact) mass is 303 g/mol. The Kier molecular flexibility index (Phi) is 4.73. The molecule has 0 aliphatic rings. The van der Waals surface area contributed by atoms with Gasteiger partial charge in [0.1, 0.15) is 0 Å². The number of amides is 1. The molecule has 6 heteroatoms. The first-order valence-electron chi connectivity index (χ1n) is 6.49. The number of carbonyl (C=O) groups is 2. The Labute approximate surface area is 126 Å². The first kappa shape index (κ1) is 15.5. The summed E-state index contributed by atoms with van der Waals surface area (Å²) < 4.78 is 18.4. The Balaban J connectivity index is 2.02. The van der Waals surface area contributed by atoms with Gasteiger partial charge in [-0.25, -0.2) is 9.18 Å². The summed E-state index contributed by atoms with van der Waals surface area (Å²) in [6.07, 6.45) is 0. The SMILES string of the molecule is Cc1c(NC(=O)COc2ccccc2F)cccc1C(=O)O. The largest absolute Gasteiger partial charge is 0.481 e. The minimum Gasteiger partial charge on any atom is -0.481 e. The third kappa shape index (κ3) is 3.60. The van der Waals surface area contributed by atoms with Crippen molar-refractivity contribution in [2.45, 2.75) is 6.92 Å². The van der Waals surface area contributed by atoms with Crippen LogP contribution < -0.4 is 10.1 Å². The molecular weight excluding hydrogens is 289 g/mol. The molecule has 0 bridgehead atoms. The fraction of sp³-hybridized carbons (Fsp3) is 0.125. The number of para-hydroxylation sites is 1. The number of aromatic carboxylic acids is 1. The van der Waals surface area contributed by atoms with Crippen molar-refractivity contribution in [1.29, 1.82) is 0 Å². The first-order valence-corrected chi connectivity index (χ1v) is 6.49. The molecule has 114 valence electrons. The molecule has 2 rings (SSSR count). The number of hydrogen-bond donors (Lipinski definition) is 2. The minimum atomic E-state index is -1.07. The van der Waals surface area contributed by atoms with E-state index in [1.54, 1.807) is 19.1 Å². The summed E-state index contributed by atoms with van der Waals surface area (Å²) >= 11 is 0. The van der Waals surface area contributed by atoms with Crippen molar-refractivity contribution in [3.63, 3.8) is 0 Å². The number of carbonyl (C=O) groups excluding carboxylic acids is 1. The molecule has 2 aromatic carbocycles. The summed E-state index contributed by atoms with van der Waals surface area (Å²) in [5, 5.41) is 11.6. The van der Waals surface area contributed by atoms with Gasteiger partial charge in [0.15, 0.2) is 18.2 Å². The molecule has 0 heterocycles. The third-order valence-corrected chi connectivity index (χ3v) is 3.03. The van der Waals surface area contributed by atoms with E-state index in [0.29, 0.717) is 11.3 Å². The summed E-state index contributed by atoms with van der Waals surface area (Å²) in [7, 11) is 0. The molecule has 0 unspecified atom stereocenters. The topological polar surface area (TPSA) is 75.6 Å². The van der Waals surface area contributed by atoms with E-state index in [1.165, 1.54) is 30.3 Å². The van der Waals surface area contributed by atoms with Crippen LogP contribution in [0.4, 0.5) is 10.1 Å². The van der Waals surface area contributed by atoms with Gasteiger partial charge in [0.25, 0.3) is 5.91 Å². The van der Waals surface area contributed by atoms with E-state index in [4.69, 9.17) is 9.84 Å². The van der Waals surface area contributed by atoms with Crippen LogP contribution in [-0.2, 0) is 4.79 Å². The second kappa shape index (κ2) is 6.71. The maximum absolute atomic E-state index is 13.4. The lowest BCUT2D eigenvalue weighted by molar-refractivity contribution is -0.118. The number of benzene rings is 2. The summed E-state index contributed by atoms with van der Waals surface area (Å²) in [6.45, 7) is 1.22. The van der Waals surface area contributed by atoms with Crippen molar-refractivity contribution >= 4 is 17.6 Å². The molecule has 2 aromatic rings. The molecule has 0 saturated heterocycles. The zero-order chi connectivity index (χ0) is 16.1. The Bertz CT molecular complexity index is 715. The zero-order valence-corrected chi connectivity index (χ0v) is 11.8. The number of rotatable bonds is 5. The molecule has 1 amide bonds. The van der Waals surface area contributed by atoms with Crippen LogP contribution in [-0.4, -0.2) is 23.6 Å². The van der Waals surface area contributed by atoms with Crippen LogP contribution in [0.15, 0.2) is 42.5 Å². The number of ether oxygens (including phenoxy) is 1. The van der Waals surface area contributed by atoms with E-state index in [2.05, 4.69) is 5.32 Å². The van der Waals surface area contributed by atoms with Crippen molar-refractivity contribution < 1.29 is 23.8 Å². The van der Waals surface area contributed by atoms with Crippen molar-refractivity contribution in [3.8, 4) is 5.75 Å². The predicted molar refractivity (Wildman–Crippen MR) is 78.7 cm³/mol. The van der Waals surface area contributed by atoms with E-state index >= 15 is 0 Å². The first-order chi connectivity index (χ1) is 10.5. The Morgan fingerprint density at radius 2 is 1.91 bits per heavy atom. The summed E-state index contributed by atoms with van der Waals surface area (Å²) in [4.78, 5) is 22.9. The number of carboxylic acid groups (broad SMARTS) is 1. The van der Waals surface area contributed by atoms with Crippen LogP contribution in [0.5, 0.6) is 5.75 Å². The second-order valence-corrected chi connectivity index (χ2v) is 4.55. The van der Waals surface area contributed by atoms with Crippen LogP contribution in [0.1, 0.15) is 15.9 Å². The average molecular weight is 303 g/mol. The third-order valence-electron chi connectivity index (χ3n) is 3.03. The molecule has 0 aliphatic carbocycles. The lowest BCUT2D eigenvalue weighted by atomic mass is 10.1. The molecule has 0 aromatic heterocycles. The van der Waals surface area contributed by atoms with Crippen LogP contribution in [0.3, 0.4) is 0 Å². The summed E-state index contributed by atoms with van der Waals surface area (Å²) in [5.41, 5.74) is 0.920. The van der Waals surface area contributed by atoms with E-state index in [9.17, 15) is 14.0 Å². The molecule has 5 nitrogen and oxygen atoms in total. The normalized spacial score (nSPS) is 10.1. The molecule has 0 aliphatic heterocycles. The highest BCUT2D eigenvalue weighted by atomic mass is 19.1. The smallest absolute Gasteiger partial charge is 0.336 e. The van der Waals surface area contributed by atoms with E-state index in [-0.39, 0.29) is 17.9 Å². The van der Waals surface area contributed by atoms with Crippen molar-refractivity contribution in [3.05, 3.63) is 59.4 Å². The van der Waals surface area contributed by atoms with Crippen molar-refractivity contribution in [1.82, 2.24) is 0 Å². The van der Waals surface area contributed by atoms with Gasteiger partial charge in [0, 0.05) is 5.69 Å². The summed E-state index contributed by atoms with van der Waals surface area (Å²) in [5.74, 6) is -2.15. The molecule has 22 heavy (non-hydrogen) atoms. The maximum Gasteiger partial charge on any atom is 0.336 e. The fourth-order valence-electron chi connectivity index (χ4n) is 1.89. The van der Waals surface area contributed by atoms with Gasteiger partial charge in [-0.3, -0.25) is 4.79 Å². The second-order valence-electron chi connectivity index (χ2n) is 4.55. The van der Waals surface area contributed by atoms with Crippen molar-refractivity contribution in [2.75, 3.05) is 11.9 Å². The van der Waals surface area contributed by atoms with Crippen molar-refractivity contribution in [2.24, 2.45) is 0 Å². The maximum atomic E-state index is 13.4. The van der Waals surface area contributed by atoms with Gasteiger partial charge in [0.2, 0.25) is 0 Å². The molecule has 2 N–H and O–H groups in total.